The first-order valence-electron chi connectivity index (χ1n) is 7.54. The van der Waals surface area contributed by atoms with E-state index in [4.69, 9.17) is 4.74 Å². The Balaban J connectivity index is 2.08. The molecule has 1 N–H and O–H groups in total. The molecule has 9 heteroatoms. The third-order valence-electron chi connectivity index (χ3n) is 3.84. The lowest BCUT2D eigenvalue weighted by molar-refractivity contribution is -0.139. The number of nitrogens with zero attached hydrogens (tertiary/aromatic N) is 3. The van der Waals surface area contributed by atoms with Crippen molar-refractivity contribution < 1.29 is 22.7 Å². The van der Waals surface area contributed by atoms with Crippen LogP contribution >= 0.6 is 0 Å². The second-order valence-corrected chi connectivity index (χ2v) is 5.43. The van der Waals surface area contributed by atoms with Crippen LogP contribution in [0.3, 0.4) is 0 Å². The molecule has 25 heavy (non-hydrogen) atoms. The maximum Gasteiger partial charge on any atom is 0.416 e. The Morgan fingerprint density at radius 2 is 2.00 bits per heavy atom. The van der Waals surface area contributed by atoms with Crippen molar-refractivity contribution in [2.24, 2.45) is 0 Å². The fourth-order valence-corrected chi connectivity index (χ4v) is 2.73. The van der Waals surface area contributed by atoms with Crippen LogP contribution in [0, 0.1) is 0 Å². The van der Waals surface area contributed by atoms with Crippen LogP contribution < -0.4 is 5.32 Å². The zero-order chi connectivity index (χ0) is 18.2. The monoisotopic (exact) mass is 352 g/mol. The Labute approximate surface area is 141 Å². The third kappa shape index (κ3) is 3.09. The van der Waals surface area contributed by atoms with Crippen LogP contribution in [0.25, 0.3) is 0 Å². The number of alkyl halides is 3. The molecule has 2 heterocycles. The molecule has 0 radical (unpaired) electrons. The number of hydrogen-bond acceptors (Lipinski definition) is 5. The number of hydrogen-bond donors (Lipinski definition) is 1. The van der Waals surface area contributed by atoms with E-state index in [0.29, 0.717) is 17.2 Å². The number of aromatic nitrogens is 3. The van der Waals surface area contributed by atoms with Gasteiger partial charge in [0.1, 0.15) is 12.4 Å². The molecule has 1 aromatic heterocycles. The van der Waals surface area contributed by atoms with E-state index in [9.17, 15) is 18.0 Å². The van der Waals surface area contributed by atoms with Gasteiger partial charge in [0.05, 0.1) is 17.7 Å². The molecule has 2 aromatic rings. The maximum atomic E-state index is 12.8. The van der Waals surface area contributed by atoms with Crippen LogP contribution in [0.2, 0.25) is 0 Å². The van der Waals surface area contributed by atoms with Gasteiger partial charge in [-0.2, -0.15) is 23.3 Å². The second kappa shape index (κ2) is 6.23. The summed E-state index contributed by atoms with van der Waals surface area (Å²) < 4.78 is 44.9. The number of anilines is 1. The fraction of sp³-hybridized carbons (Fsp3) is 0.312. The standard InChI is InChI=1S/C16H15F3N4O2/c1-3-25-14(24)12-9(2)22-15-20-8-21-23(15)13(12)10-4-6-11(7-5-10)16(17,18)19/h4-8,13H,3H2,1-2H3,(H,20,21,22)/t13-/m0/s1. The van der Waals surface area contributed by atoms with E-state index in [-0.39, 0.29) is 12.2 Å². The summed E-state index contributed by atoms with van der Waals surface area (Å²) in [7, 11) is 0. The molecular weight excluding hydrogens is 337 g/mol. The summed E-state index contributed by atoms with van der Waals surface area (Å²) >= 11 is 0. The smallest absolute Gasteiger partial charge is 0.416 e. The van der Waals surface area contributed by atoms with Gasteiger partial charge in [-0.25, -0.2) is 9.48 Å². The molecule has 3 rings (SSSR count). The molecule has 1 aromatic carbocycles. The summed E-state index contributed by atoms with van der Waals surface area (Å²) in [6.45, 7) is 3.54. The molecule has 0 bridgehead atoms. The fourth-order valence-electron chi connectivity index (χ4n) is 2.73. The molecule has 1 aliphatic heterocycles. The summed E-state index contributed by atoms with van der Waals surface area (Å²) in [6, 6.07) is 3.89. The third-order valence-corrected chi connectivity index (χ3v) is 3.84. The molecule has 0 unspecified atom stereocenters. The van der Waals surface area contributed by atoms with Gasteiger partial charge >= 0.3 is 12.1 Å². The van der Waals surface area contributed by atoms with Crippen molar-refractivity contribution in [2.45, 2.75) is 26.1 Å². The van der Waals surface area contributed by atoms with Crippen molar-refractivity contribution in [3.8, 4) is 0 Å². The minimum absolute atomic E-state index is 0.180. The van der Waals surface area contributed by atoms with Gasteiger partial charge in [-0.15, -0.1) is 0 Å². The maximum absolute atomic E-state index is 12.8. The zero-order valence-corrected chi connectivity index (χ0v) is 13.5. The summed E-state index contributed by atoms with van der Waals surface area (Å²) in [5.41, 5.74) is 0.509. The van der Waals surface area contributed by atoms with E-state index in [1.54, 1.807) is 13.8 Å². The van der Waals surface area contributed by atoms with Crippen LogP contribution in [-0.2, 0) is 15.7 Å². The molecule has 0 fully saturated rings. The molecule has 132 valence electrons. The molecule has 1 aliphatic rings. The number of rotatable bonds is 3. The van der Waals surface area contributed by atoms with Crippen molar-refractivity contribution in [1.82, 2.24) is 14.8 Å². The Hall–Kier alpha value is -2.84. The van der Waals surface area contributed by atoms with Gasteiger partial charge in [0.2, 0.25) is 5.95 Å². The van der Waals surface area contributed by atoms with Crippen LogP contribution in [0.5, 0.6) is 0 Å². The number of nitrogens with one attached hydrogen (secondary N) is 1. The average molecular weight is 352 g/mol. The summed E-state index contributed by atoms with van der Waals surface area (Å²) in [6.07, 6.45) is -3.12. The van der Waals surface area contributed by atoms with Gasteiger partial charge in [-0.05, 0) is 31.5 Å². The first-order chi connectivity index (χ1) is 11.8. The topological polar surface area (TPSA) is 69.0 Å². The lowest BCUT2D eigenvalue weighted by Crippen LogP contribution is -2.29. The van der Waals surface area contributed by atoms with Crippen LogP contribution in [0.4, 0.5) is 19.1 Å². The molecule has 0 amide bonds. The van der Waals surface area contributed by atoms with Crippen LogP contribution in [0.15, 0.2) is 41.9 Å². The van der Waals surface area contributed by atoms with Gasteiger partial charge < -0.3 is 10.1 Å². The highest BCUT2D eigenvalue weighted by atomic mass is 19.4. The number of benzene rings is 1. The Kier molecular flexibility index (Phi) is 4.23. The quantitative estimate of drug-likeness (QED) is 0.860. The van der Waals surface area contributed by atoms with Gasteiger partial charge in [-0.1, -0.05) is 12.1 Å². The molecule has 0 aliphatic carbocycles. The Morgan fingerprint density at radius 3 is 2.60 bits per heavy atom. The van der Waals surface area contributed by atoms with E-state index >= 15 is 0 Å². The largest absolute Gasteiger partial charge is 0.463 e. The Morgan fingerprint density at radius 1 is 1.32 bits per heavy atom. The first-order valence-corrected chi connectivity index (χ1v) is 7.54. The van der Waals surface area contributed by atoms with Gasteiger partial charge in [-0.3, -0.25) is 0 Å². The number of esters is 1. The number of allylic oxidation sites excluding steroid dienone is 1. The highest BCUT2D eigenvalue weighted by Gasteiger charge is 2.35. The van der Waals surface area contributed by atoms with Gasteiger partial charge in [0.25, 0.3) is 0 Å². The number of fused-ring (bicyclic) bond motifs is 1. The van der Waals surface area contributed by atoms with E-state index in [1.807, 2.05) is 0 Å². The predicted octanol–water partition coefficient (Wildman–Crippen LogP) is 3.15. The van der Waals surface area contributed by atoms with Crippen molar-refractivity contribution in [3.63, 3.8) is 0 Å². The van der Waals surface area contributed by atoms with E-state index in [2.05, 4.69) is 15.4 Å². The molecule has 6 nitrogen and oxygen atoms in total. The molecule has 0 saturated heterocycles. The van der Waals surface area contributed by atoms with Crippen molar-refractivity contribution >= 4 is 11.9 Å². The highest BCUT2D eigenvalue weighted by Crippen LogP contribution is 2.36. The molecular formula is C16H15F3N4O2. The normalized spacial score (nSPS) is 17.1. The van der Waals surface area contributed by atoms with Gasteiger partial charge in [0, 0.05) is 5.70 Å². The lowest BCUT2D eigenvalue weighted by atomic mass is 9.95. The minimum Gasteiger partial charge on any atom is -0.463 e. The molecule has 0 spiro atoms. The van der Waals surface area contributed by atoms with E-state index in [1.165, 1.54) is 23.1 Å². The number of halogens is 3. The summed E-state index contributed by atoms with van der Waals surface area (Å²) in [5.74, 6) is -0.158. The lowest BCUT2D eigenvalue weighted by Gasteiger charge is -2.28. The summed E-state index contributed by atoms with van der Waals surface area (Å²) in [5, 5.41) is 7.04. The van der Waals surface area contributed by atoms with Crippen molar-refractivity contribution in [3.05, 3.63) is 53.0 Å². The van der Waals surface area contributed by atoms with E-state index < -0.39 is 23.8 Å². The predicted molar refractivity (Wildman–Crippen MR) is 82.6 cm³/mol. The second-order valence-electron chi connectivity index (χ2n) is 5.43. The van der Waals surface area contributed by atoms with Crippen molar-refractivity contribution in [2.75, 3.05) is 11.9 Å². The van der Waals surface area contributed by atoms with Crippen LogP contribution in [0.1, 0.15) is 31.0 Å². The average Bonchev–Trinajstić information content (AvgIpc) is 3.00. The molecule has 0 saturated carbocycles. The van der Waals surface area contributed by atoms with Gasteiger partial charge in [0.15, 0.2) is 0 Å². The highest BCUT2D eigenvalue weighted by molar-refractivity contribution is 5.92. The Bertz CT molecular complexity index is 825. The van der Waals surface area contributed by atoms with Crippen molar-refractivity contribution in [1.29, 1.82) is 0 Å². The first kappa shape index (κ1) is 17.0. The van der Waals surface area contributed by atoms with Crippen LogP contribution in [-0.4, -0.2) is 27.3 Å². The zero-order valence-electron chi connectivity index (χ0n) is 13.5. The SMILES string of the molecule is CCOC(=O)C1=C(C)Nc2ncnn2[C@H]1c1ccc(C(F)(F)F)cc1. The number of carbonyl (C=O) groups excluding carboxylic acids is 1. The van der Waals surface area contributed by atoms with E-state index in [0.717, 1.165) is 12.1 Å². The molecule has 1 atom stereocenters. The number of carbonyl (C=O) groups is 1. The summed E-state index contributed by atoms with van der Waals surface area (Å²) in [4.78, 5) is 16.4. The minimum atomic E-state index is -4.43. The number of ether oxygens (including phenoxy) is 1.